The minimum atomic E-state index is -2.51. The fraction of sp³-hybridized carbons (Fsp3) is 0.570. The van der Waals surface area contributed by atoms with Crippen LogP contribution in [-0.2, 0) is 81.6 Å². The highest BCUT2D eigenvalue weighted by Crippen LogP contribution is 2.42. The Morgan fingerprint density at radius 2 is 1.52 bits per heavy atom. The molecule has 0 radical (unpaired) electrons. The van der Waals surface area contributed by atoms with Crippen LogP contribution in [0.15, 0.2) is 126 Å². The lowest BCUT2D eigenvalue weighted by Crippen LogP contribution is -2.61. The maximum atomic E-state index is 14.9. The number of hydrogen-bond donors (Lipinski definition) is 7. The van der Waals surface area contributed by atoms with Crippen molar-refractivity contribution in [1.29, 1.82) is 0 Å². The number of unbranched alkanes of at least 4 members (excludes halogenated alkanes) is 1. The van der Waals surface area contributed by atoms with Gasteiger partial charge in [0.2, 0.25) is 17.6 Å². The molecule has 15 atom stereocenters. The molecule has 10 heterocycles. The third-order valence-corrected chi connectivity index (χ3v) is 25.7. The number of nitrogen functional groups attached to an aromatic ring is 2. The van der Waals surface area contributed by atoms with Crippen molar-refractivity contribution in [3.05, 3.63) is 127 Å². The number of piperidine rings is 1. The highest BCUT2D eigenvalue weighted by Gasteiger charge is 2.53. The number of Topliss-reactive ketones (excluding diaryl/α,β-unsaturated/α-hetero) is 3. The van der Waals surface area contributed by atoms with Crippen LogP contribution in [0.4, 0.5) is 17.8 Å². The number of cyclic esters (lactones) is 1. The van der Waals surface area contributed by atoms with Crippen molar-refractivity contribution < 1.29 is 81.7 Å². The number of anilines is 3. The molecule has 37 heteroatoms. The number of aliphatic hydroxyl groups excluding tert-OH is 2. The Morgan fingerprint density at radius 1 is 0.754 bits per heavy atom. The highest BCUT2D eigenvalue weighted by molar-refractivity contribution is 6.39. The topological polar surface area (TPSA) is 484 Å². The number of nitrogens with zero attached hydrogens (tertiary/aromatic N) is 16. The van der Waals surface area contributed by atoms with Crippen LogP contribution in [0.2, 0.25) is 0 Å². The SMILES string of the molecule is COC1C[C@@H]2CC[C@@H](C)[C@@](O)(O2)C(=O)C(=O)N2CCCCC2C(=O)OC([C@H](N)CC2CC[C@H](n3nncc3-c3cccc(-c4cnc(N5CCN(Cc6cn(CCOCCOCCOCCC(=O)NCCCCn7nc(-c8ccc9oc(N)nc9c8)c8c(N)ncnc87)nn6)CC5)nc4)c3)[C@H](OC)C2)CC(=O)C(C)/C=C(\C)C(O)[C@@H](O)C(=O)C(C)CC(C)/C=C/C=C/C=C/1C. The van der Waals surface area contributed by atoms with Gasteiger partial charge in [-0.25, -0.2) is 38.8 Å². The number of ether oxygens (including phenoxy) is 7. The first-order valence-corrected chi connectivity index (χ1v) is 45.5. The van der Waals surface area contributed by atoms with Crippen LogP contribution in [0.5, 0.6) is 0 Å². The summed E-state index contributed by atoms with van der Waals surface area (Å²) >= 11 is 0. The van der Waals surface area contributed by atoms with Crippen molar-refractivity contribution in [3.63, 3.8) is 0 Å². The van der Waals surface area contributed by atoms with Gasteiger partial charge in [0.25, 0.3) is 17.7 Å². The monoisotopic (exact) mass is 1790 g/mol. The van der Waals surface area contributed by atoms with Crippen LogP contribution in [0.25, 0.3) is 55.8 Å². The Bertz CT molecular complexity index is 5270. The van der Waals surface area contributed by atoms with E-state index >= 15 is 0 Å². The molecule has 0 spiro atoms. The molecule has 6 aromatic heterocycles. The molecule has 1 aliphatic carbocycles. The Labute approximate surface area is 756 Å². The quantitative estimate of drug-likeness (QED) is 0.0101. The number of carbonyl (C=O) groups excluding carboxylic acids is 6. The lowest BCUT2D eigenvalue weighted by atomic mass is 9.79. The molecule has 700 valence electrons. The second-order valence-corrected chi connectivity index (χ2v) is 35.1. The number of esters is 1. The van der Waals surface area contributed by atoms with E-state index in [-0.39, 0.29) is 86.7 Å². The van der Waals surface area contributed by atoms with E-state index in [1.54, 1.807) is 56.6 Å². The molecule has 2 bridgehead atoms. The van der Waals surface area contributed by atoms with E-state index in [4.69, 9.17) is 69.8 Å². The van der Waals surface area contributed by atoms with E-state index in [1.165, 1.54) is 19.3 Å². The molecule has 5 aliphatic rings. The second kappa shape index (κ2) is 45.8. The molecular weight excluding hydrogens is 1670 g/mol. The molecule has 130 heavy (non-hydrogen) atoms. The first kappa shape index (κ1) is 96.7. The van der Waals surface area contributed by atoms with Crippen molar-refractivity contribution in [2.45, 2.75) is 218 Å². The maximum absolute atomic E-state index is 14.9. The minimum Gasteiger partial charge on any atom is -0.459 e. The number of piperazine rings is 1. The Morgan fingerprint density at radius 3 is 2.30 bits per heavy atom. The van der Waals surface area contributed by atoms with Gasteiger partial charge in [0.1, 0.15) is 53.5 Å². The molecule has 13 rings (SSSR count). The molecule has 37 nitrogen and oxygen atoms in total. The van der Waals surface area contributed by atoms with Crippen LogP contribution < -0.4 is 27.4 Å². The van der Waals surface area contributed by atoms with Gasteiger partial charge in [0.15, 0.2) is 17.0 Å². The van der Waals surface area contributed by atoms with Crippen molar-refractivity contribution in [2.75, 3.05) is 109 Å². The predicted molar refractivity (Wildman–Crippen MR) is 483 cm³/mol. The largest absolute Gasteiger partial charge is 0.459 e. The molecule has 2 aromatic carbocycles. The summed E-state index contributed by atoms with van der Waals surface area (Å²) in [6.07, 6.45) is 19.4. The molecule has 1 saturated carbocycles. The number of aromatic nitrogens is 13. The number of nitrogens with one attached hydrogen (secondary N) is 1. The number of oxazole rings is 1. The summed E-state index contributed by atoms with van der Waals surface area (Å²) in [5, 5.41) is 61.2. The number of ketones is 3. The average Bonchev–Trinajstić information content (AvgIpc) is 0.797. The second-order valence-electron chi connectivity index (χ2n) is 35.1. The summed E-state index contributed by atoms with van der Waals surface area (Å²) in [4.78, 5) is 113. The number of aliphatic hydroxyl groups is 3. The smallest absolute Gasteiger partial charge is 0.329 e. The number of amides is 2. The van der Waals surface area contributed by atoms with Gasteiger partial charge in [0, 0.05) is 145 Å². The number of rotatable bonds is 29. The van der Waals surface area contributed by atoms with Crippen LogP contribution in [-0.4, -0.2) is 273 Å². The van der Waals surface area contributed by atoms with E-state index in [0.717, 1.165) is 83.1 Å². The lowest BCUT2D eigenvalue weighted by Gasteiger charge is -2.42. The summed E-state index contributed by atoms with van der Waals surface area (Å²) in [6, 6.07) is 11.2. The molecule has 2 amide bonds. The van der Waals surface area contributed by atoms with E-state index in [9.17, 15) is 44.1 Å². The van der Waals surface area contributed by atoms with E-state index in [0.29, 0.717) is 150 Å². The number of allylic oxidation sites excluding steroid dienone is 6. The van der Waals surface area contributed by atoms with Gasteiger partial charge in [-0.1, -0.05) is 92.8 Å². The van der Waals surface area contributed by atoms with Gasteiger partial charge in [-0.3, -0.25) is 28.9 Å². The van der Waals surface area contributed by atoms with E-state index in [2.05, 4.69) is 56.8 Å². The zero-order valence-corrected chi connectivity index (χ0v) is 75.6. The van der Waals surface area contributed by atoms with Crippen LogP contribution >= 0.6 is 0 Å². The number of aryl methyl sites for hydroxylation is 1. The van der Waals surface area contributed by atoms with Gasteiger partial charge in [-0.15, -0.1) is 10.2 Å². The van der Waals surface area contributed by atoms with Gasteiger partial charge in [-0.2, -0.15) is 10.1 Å². The predicted octanol–water partition coefficient (Wildman–Crippen LogP) is 7.88. The van der Waals surface area contributed by atoms with Crippen molar-refractivity contribution >= 4 is 75.0 Å². The summed E-state index contributed by atoms with van der Waals surface area (Å²) in [5.41, 5.74) is 27.7. The number of methoxy groups -OCH3 is 2. The van der Waals surface area contributed by atoms with Gasteiger partial charge < -0.3 is 85.2 Å². The van der Waals surface area contributed by atoms with Crippen molar-refractivity contribution in [1.82, 2.24) is 79.8 Å². The van der Waals surface area contributed by atoms with Gasteiger partial charge in [0.05, 0.1) is 93.5 Å². The zero-order valence-electron chi connectivity index (χ0n) is 75.6. The van der Waals surface area contributed by atoms with Crippen LogP contribution in [0.3, 0.4) is 0 Å². The fourth-order valence-electron chi connectivity index (χ4n) is 18.0. The number of fused-ring (bicyclic) bond motifs is 5. The fourth-order valence-corrected chi connectivity index (χ4v) is 18.0. The standard InChI is InChI=1S/C93H126N20O17/c1-57-17-10-9-11-18-58(2)77(123-7)49-69-25-22-62(6)93(122,130-69)86(119)89(120)111-30-14-12-21-73(111)90(121)128-78(50-75(114)59(3)44-61(5)84(117)85(118)83(116)60(4)43-57)70(94)45-63-23-26-72(79(46-63)124-8)113-74(53-102-106-113)65-20-16-19-64(47-65)67-51-98-92(99-52-67)109-34-32-108(33-35-109)54-68-55-110(107-104-68)36-38-126-40-42-127-41-39-125-37-28-80(115)97-29-13-15-31-112-88-81(87(95)100-56-101-88)82(105-112)66-24-27-76-71(48-66)103-91(96)129-76/h9-11,16-20,24,27,44,47-48,51-53,55-57,59-60,62-63,69-70,72-73,77-79,84-85,117-118,122H,12-15,21-23,25-26,28-43,45-46,49-50,54,94H2,1-8H3,(H2,96,103)(H,97,115)(H2,95,100,101)/b11-9+,17-10+,58-18+,61-44+/t57?,59?,60?,62-,63?,69+,70-,72+,73?,77?,78?,79-,84?,85+,93-/m1/s1. The third-order valence-electron chi connectivity index (χ3n) is 25.7. The Kier molecular flexibility index (Phi) is 34.1. The average molecular weight is 1800 g/mol. The number of nitrogens with two attached hydrogens (primary N) is 3. The summed E-state index contributed by atoms with van der Waals surface area (Å²) < 4.78 is 52.8. The third kappa shape index (κ3) is 24.7. The lowest BCUT2D eigenvalue weighted by molar-refractivity contribution is -0.265. The normalized spacial score (nSPS) is 27.0. The Balaban J connectivity index is 0.544. The highest BCUT2D eigenvalue weighted by atomic mass is 16.6. The summed E-state index contributed by atoms with van der Waals surface area (Å²) in [6.45, 7) is 17.8. The van der Waals surface area contributed by atoms with Crippen molar-refractivity contribution in [3.8, 4) is 33.6 Å². The molecule has 8 unspecified atom stereocenters. The van der Waals surface area contributed by atoms with Crippen LogP contribution in [0.1, 0.15) is 150 Å². The summed E-state index contributed by atoms with van der Waals surface area (Å²) in [5.74, 6) is -8.25. The maximum Gasteiger partial charge on any atom is 0.329 e. The first-order chi connectivity index (χ1) is 62.7. The van der Waals surface area contributed by atoms with Crippen molar-refractivity contribution in [2.24, 2.45) is 35.3 Å². The first-order valence-electron chi connectivity index (χ1n) is 45.5. The number of benzene rings is 2. The molecule has 4 fully saturated rings. The molecule has 4 aliphatic heterocycles. The number of hydrogen-bond acceptors (Lipinski definition) is 32. The molecular formula is C93H126N20O17. The number of carbonyl (C=O) groups is 6. The Hall–Kier alpha value is -10.8. The minimum absolute atomic E-state index is 0.0107. The molecule has 8 aromatic rings. The van der Waals surface area contributed by atoms with E-state index in [1.807, 2.05) is 97.8 Å². The zero-order chi connectivity index (χ0) is 92.1. The molecule has 10 N–H and O–H groups in total. The summed E-state index contributed by atoms with van der Waals surface area (Å²) in [7, 11) is 3.21. The van der Waals surface area contributed by atoms with E-state index < -0.39 is 95.4 Å². The molecule has 3 saturated heterocycles. The van der Waals surface area contributed by atoms with Gasteiger partial charge >= 0.3 is 5.97 Å². The van der Waals surface area contributed by atoms with Gasteiger partial charge in [-0.05, 0) is 144 Å². The van der Waals surface area contributed by atoms with Crippen LogP contribution in [0, 0.1) is 29.6 Å².